The van der Waals surface area contributed by atoms with Crippen LogP contribution in [0.15, 0.2) is 47.3 Å². The van der Waals surface area contributed by atoms with Crippen LogP contribution in [0.2, 0.25) is 0 Å². The highest BCUT2D eigenvalue weighted by Gasteiger charge is 2.36. The van der Waals surface area contributed by atoms with E-state index in [0.717, 1.165) is 36.8 Å². The summed E-state index contributed by atoms with van der Waals surface area (Å²) in [6.07, 6.45) is 5.07. The molecule has 2 fully saturated rings. The Hall–Kier alpha value is -4.47. The molecule has 9 nitrogen and oxygen atoms in total. The minimum Gasteiger partial charge on any atom is -0.353 e. The van der Waals surface area contributed by atoms with Crippen molar-refractivity contribution in [2.75, 3.05) is 17.3 Å². The van der Waals surface area contributed by atoms with Gasteiger partial charge >= 0.3 is 0 Å². The average molecular weight is 634 g/mol. The third-order valence-electron chi connectivity index (χ3n) is 7.91. The van der Waals surface area contributed by atoms with E-state index in [2.05, 4.69) is 10.6 Å². The predicted molar refractivity (Wildman–Crippen MR) is 183 cm³/mol. The zero-order valence-electron chi connectivity index (χ0n) is 28.4. The lowest BCUT2D eigenvalue weighted by atomic mass is 10.0. The van der Waals surface area contributed by atoms with Crippen molar-refractivity contribution in [1.82, 2.24) is 14.8 Å². The van der Waals surface area contributed by atoms with Gasteiger partial charge in [0.15, 0.2) is 0 Å². The molecule has 0 bridgehead atoms. The molecule has 0 saturated heterocycles. The molecule has 1 heterocycles. The number of hydrogen-bond acceptors (Lipinski definition) is 5. The van der Waals surface area contributed by atoms with Gasteiger partial charge in [-0.15, -0.1) is 0 Å². The van der Waals surface area contributed by atoms with Crippen molar-refractivity contribution in [3.63, 3.8) is 0 Å². The number of halogens is 1. The topological polar surface area (TPSA) is 104 Å². The molecule has 5 rings (SSSR count). The number of rotatable bonds is 11. The van der Waals surface area contributed by atoms with Gasteiger partial charge in [-0.2, -0.15) is 0 Å². The number of nitrogens with one attached hydrogen (secondary N) is 2. The van der Waals surface area contributed by atoms with Crippen LogP contribution < -0.4 is 21.1 Å². The van der Waals surface area contributed by atoms with E-state index in [-0.39, 0.29) is 52.2 Å². The highest BCUT2D eigenvalue weighted by Crippen LogP contribution is 2.38. The van der Waals surface area contributed by atoms with Crippen LogP contribution in [0.4, 0.5) is 27.3 Å². The van der Waals surface area contributed by atoms with Crippen LogP contribution in [-0.4, -0.2) is 46.8 Å². The van der Waals surface area contributed by atoms with E-state index in [1.807, 2.05) is 33.8 Å². The van der Waals surface area contributed by atoms with Gasteiger partial charge in [0.25, 0.3) is 11.5 Å². The zero-order valence-corrected chi connectivity index (χ0v) is 28.4. The maximum atomic E-state index is 15.0. The standard InChI is InChI=1S/C32H36FN5O4.2C2H6/c1-19-8-14-26(25(33)16-19)35-30-28(32(42)36(3)23-12-13-23)29(20(2)31(41)37(30)4)38(18-39)24-7-5-6-21(17-24)9-15-27(40)34-22-10-11-22;2*1-2/h5-8,14,16-18,22-23,35H,9-13,15H2,1-4H3,(H,34,40);2*1-2H3. The van der Waals surface area contributed by atoms with E-state index in [9.17, 15) is 23.6 Å². The smallest absolute Gasteiger partial charge is 0.259 e. The van der Waals surface area contributed by atoms with Crippen LogP contribution in [-0.2, 0) is 23.1 Å². The minimum atomic E-state index is -0.538. The van der Waals surface area contributed by atoms with Gasteiger partial charge in [0.1, 0.15) is 17.2 Å². The Morgan fingerprint density at radius 2 is 1.70 bits per heavy atom. The van der Waals surface area contributed by atoms with Crippen LogP contribution >= 0.6 is 0 Å². The van der Waals surface area contributed by atoms with Gasteiger partial charge in [-0.3, -0.25) is 28.6 Å². The quantitative estimate of drug-likeness (QED) is 0.230. The molecule has 3 aromatic rings. The number of carbonyl (C=O) groups is 3. The van der Waals surface area contributed by atoms with E-state index in [0.29, 0.717) is 24.9 Å². The lowest BCUT2D eigenvalue weighted by Crippen LogP contribution is -2.35. The Morgan fingerprint density at radius 1 is 1.02 bits per heavy atom. The van der Waals surface area contributed by atoms with Gasteiger partial charge in [-0.25, -0.2) is 4.39 Å². The summed E-state index contributed by atoms with van der Waals surface area (Å²) in [4.78, 5) is 55.5. The van der Waals surface area contributed by atoms with Crippen LogP contribution in [0.5, 0.6) is 0 Å². The third-order valence-corrected chi connectivity index (χ3v) is 7.91. The Morgan fingerprint density at radius 3 is 2.28 bits per heavy atom. The summed E-state index contributed by atoms with van der Waals surface area (Å²) in [5, 5.41) is 5.97. The molecule has 2 aliphatic rings. The molecule has 2 N–H and O–H groups in total. The number of carbonyl (C=O) groups excluding carboxylic acids is 3. The van der Waals surface area contributed by atoms with Crippen molar-refractivity contribution in [3.8, 4) is 0 Å². The molecule has 0 aliphatic heterocycles. The first-order valence-electron chi connectivity index (χ1n) is 16.3. The summed E-state index contributed by atoms with van der Waals surface area (Å²) in [6.45, 7) is 11.3. The fourth-order valence-corrected chi connectivity index (χ4v) is 5.11. The van der Waals surface area contributed by atoms with Crippen molar-refractivity contribution >= 4 is 41.1 Å². The molecular weight excluding hydrogens is 585 g/mol. The van der Waals surface area contributed by atoms with Gasteiger partial charge in [0, 0.05) is 43.9 Å². The maximum Gasteiger partial charge on any atom is 0.259 e. The van der Waals surface area contributed by atoms with Crippen molar-refractivity contribution in [3.05, 3.63) is 80.9 Å². The van der Waals surface area contributed by atoms with E-state index >= 15 is 0 Å². The van der Waals surface area contributed by atoms with Gasteiger partial charge in [-0.1, -0.05) is 45.9 Å². The molecule has 0 spiro atoms. The summed E-state index contributed by atoms with van der Waals surface area (Å²) in [5.41, 5.74) is 2.06. The van der Waals surface area contributed by atoms with Crippen molar-refractivity contribution in [2.24, 2.45) is 7.05 Å². The van der Waals surface area contributed by atoms with Gasteiger partial charge in [-0.05, 0) is 81.3 Å². The first kappa shape index (κ1) is 36.0. The highest BCUT2D eigenvalue weighted by molar-refractivity contribution is 6.09. The van der Waals surface area contributed by atoms with Crippen molar-refractivity contribution in [2.45, 2.75) is 92.2 Å². The zero-order chi connectivity index (χ0) is 34.1. The summed E-state index contributed by atoms with van der Waals surface area (Å²) >= 11 is 0. The first-order chi connectivity index (χ1) is 22.1. The average Bonchev–Trinajstić information content (AvgIpc) is 4.00. The summed E-state index contributed by atoms with van der Waals surface area (Å²) in [7, 11) is 3.21. The van der Waals surface area contributed by atoms with Crippen molar-refractivity contribution < 1.29 is 18.8 Å². The molecule has 248 valence electrons. The monoisotopic (exact) mass is 633 g/mol. The van der Waals surface area contributed by atoms with Crippen LogP contribution in [0.3, 0.4) is 0 Å². The molecule has 10 heteroatoms. The molecule has 0 radical (unpaired) electrons. The number of hydrogen-bond donors (Lipinski definition) is 2. The largest absolute Gasteiger partial charge is 0.353 e. The van der Waals surface area contributed by atoms with Crippen LogP contribution in [0, 0.1) is 19.7 Å². The second kappa shape index (κ2) is 16.2. The Balaban J connectivity index is 0.00000139. The second-order valence-corrected chi connectivity index (χ2v) is 11.3. The number of aryl methyl sites for hydroxylation is 2. The fraction of sp³-hybridized carbons (Fsp3) is 0.444. The second-order valence-electron chi connectivity index (χ2n) is 11.3. The highest BCUT2D eigenvalue weighted by atomic mass is 19.1. The minimum absolute atomic E-state index is 0.0207. The Bertz CT molecular complexity index is 1610. The van der Waals surface area contributed by atoms with Crippen LogP contribution in [0.1, 0.15) is 86.8 Å². The number of amides is 3. The molecule has 2 aromatic carbocycles. The number of aromatic nitrogens is 1. The summed E-state index contributed by atoms with van der Waals surface area (Å²) < 4.78 is 16.3. The van der Waals surface area contributed by atoms with Crippen LogP contribution in [0.25, 0.3) is 0 Å². The third kappa shape index (κ3) is 8.41. The first-order valence-corrected chi connectivity index (χ1v) is 16.3. The van der Waals surface area contributed by atoms with E-state index in [4.69, 9.17) is 0 Å². The molecule has 3 amide bonds. The van der Waals surface area contributed by atoms with Gasteiger partial charge in [0.05, 0.1) is 11.4 Å². The molecular formula is C36H48FN5O4. The normalized spacial score (nSPS) is 13.3. The molecule has 0 atom stereocenters. The van der Waals surface area contributed by atoms with E-state index in [1.54, 1.807) is 56.1 Å². The number of pyridine rings is 1. The Labute approximate surface area is 271 Å². The van der Waals surface area contributed by atoms with Gasteiger partial charge < -0.3 is 15.5 Å². The maximum absolute atomic E-state index is 15.0. The van der Waals surface area contributed by atoms with Crippen molar-refractivity contribution in [1.29, 1.82) is 0 Å². The molecule has 2 saturated carbocycles. The predicted octanol–water partition coefficient (Wildman–Crippen LogP) is 6.68. The van der Waals surface area contributed by atoms with Gasteiger partial charge in [0.2, 0.25) is 12.3 Å². The number of nitrogens with zero attached hydrogens (tertiary/aromatic N) is 3. The van der Waals surface area contributed by atoms with E-state index in [1.165, 1.54) is 22.6 Å². The Kier molecular flexibility index (Phi) is 12.7. The number of anilines is 4. The molecule has 2 aliphatic carbocycles. The lowest BCUT2D eigenvalue weighted by Gasteiger charge is -2.28. The number of benzene rings is 2. The lowest BCUT2D eigenvalue weighted by molar-refractivity contribution is -0.121. The SMILES string of the molecule is CC.CC.Cc1ccc(Nc2c(C(=O)N(C)C3CC3)c(N(C=O)c3cccc(CCC(=O)NC4CC4)c3)c(C)c(=O)n2C)c(F)c1. The fourth-order valence-electron chi connectivity index (χ4n) is 5.11. The molecule has 46 heavy (non-hydrogen) atoms. The summed E-state index contributed by atoms with van der Waals surface area (Å²) in [6, 6.07) is 12.1. The molecule has 1 aromatic heterocycles. The molecule has 0 unspecified atom stereocenters. The summed E-state index contributed by atoms with van der Waals surface area (Å²) in [5.74, 6) is -0.863. The van der Waals surface area contributed by atoms with E-state index < -0.39 is 11.4 Å².